The zero-order chi connectivity index (χ0) is 35.8. The molecule has 3 atom stereocenters. The normalized spacial score (nSPS) is 20.4. The van der Waals surface area contributed by atoms with E-state index in [2.05, 4.69) is 15.5 Å². The molecule has 6 rings (SSSR count). The van der Waals surface area contributed by atoms with Crippen LogP contribution in [0.15, 0.2) is 97.1 Å². The summed E-state index contributed by atoms with van der Waals surface area (Å²) < 4.78 is 13.1. The van der Waals surface area contributed by atoms with E-state index in [1.807, 2.05) is 72.8 Å². The fraction of sp³-hybridized carbons (Fsp3) is 0.350. The Balaban J connectivity index is 1.08. The van der Waals surface area contributed by atoms with Crippen molar-refractivity contribution < 1.29 is 29.3 Å². The Morgan fingerprint density at radius 2 is 1.57 bits per heavy atom. The number of aliphatic hydroxyl groups excluding tert-OH is 1. The lowest BCUT2D eigenvalue weighted by atomic mass is 9.84. The number of nitrogens with two attached hydrogens (primary N) is 1. The second kappa shape index (κ2) is 16.8. The van der Waals surface area contributed by atoms with Crippen molar-refractivity contribution >= 4 is 40.5 Å². The largest absolute Gasteiger partial charge is 0.397 e. The minimum atomic E-state index is -0.898. The Morgan fingerprint density at radius 3 is 2.27 bits per heavy atom. The highest BCUT2D eigenvalue weighted by molar-refractivity contribution is 6.30. The van der Waals surface area contributed by atoms with Crippen LogP contribution in [-0.4, -0.2) is 52.7 Å². The maximum absolute atomic E-state index is 12.8. The number of amides is 2. The molecule has 2 aliphatic rings. The number of nitrogen functional groups attached to an aromatic ring is 1. The number of rotatable bonds is 12. The molecule has 10 nitrogen and oxygen atoms in total. The first-order valence-electron chi connectivity index (χ1n) is 17.4. The molecule has 268 valence electrons. The molecule has 2 fully saturated rings. The first-order valence-corrected chi connectivity index (χ1v) is 17.8. The van der Waals surface area contributed by atoms with Gasteiger partial charge in [-0.2, -0.15) is 0 Å². The standard InChI is InChI=1S/C40H45ClN4O6/c41-31-17-15-30(16-18-31)40(49)19-21-45(22-20-40)25-33-24-36(28-13-11-27(26-46)12-14-28)51-39(50-33)29-5-3-6-32(23-29)43-37(47)9-4-10-38(48)44-35-8-2-1-7-34(35)42/h1-3,5-8,11-18,23,33,36,39,46,49H,4,9-10,19-22,24-26,42H2,(H,43,47)(H,44,48)/t33-,36+,39+/m0/s1. The minimum Gasteiger partial charge on any atom is -0.397 e. The summed E-state index contributed by atoms with van der Waals surface area (Å²) in [5.74, 6) is -0.403. The number of hydrogen-bond acceptors (Lipinski definition) is 8. The number of carbonyl (C=O) groups excluding carboxylic acids is 2. The summed E-state index contributed by atoms with van der Waals surface area (Å²) in [6.45, 7) is 2.06. The van der Waals surface area contributed by atoms with Crippen molar-refractivity contribution in [1.82, 2.24) is 4.90 Å². The molecule has 2 aliphatic heterocycles. The van der Waals surface area contributed by atoms with Crippen LogP contribution >= 0.6 is 11.6 Å². The average Bonchev–Trinajstić information content (AvgIpc) is 3.14. The molecule has 0 aliphatic carbocycles. The lowest BCUT2D eigenvalue weighted by Gasteiger charge is -2.42. The fourth-order valence-electron chi connectivity index (χ4n) is 6.69. The summed E-state index contributed by atoms with van der Waals surface area (Å²) in [5.41, 5.74) is 10.1. The predicted octanol–water partition coefficient (Wildman–Crippen LogP) is 6.69. The van der Waals surface area contributed by atoms with E-state index < -0.39 is 11.9 Å². The number of anilines is 3. The predicted molar refractivity (Wildman–Crippen MR) is 198 cm³/mol. The number of benzene rings is 4. The molecule has 0 saturated carbocycles. The van der Waals surface area contributed by atoms with E-state index >= 15 is 0 Å². The first kappa shape index (κ1) is 36.5. The molecule has 4 aromatic rings. The fourth-order valence-corrected chi connectivity index (χ4v) is 6.82. The molecular weight excluding hydrogens is 668 g/mol. The van der Waals surface area contributed by atoms with E-state index in [1.165, 1.54) is 0 Å². The molecule has 51 heavy (non-hydrogen) atoms. The Hall–Kier alpha value is -4.29. The lowest BCUT2D eigenvalue weighted by Crippen LogP contribution is -2.46. The van der Waals surface area contributed by atoms with Crippen LogP contribution in [0.1, 0.15) is 73.2 Å². The van der Waals surface area contributed by atoms with Gasteiger partial charge in [-0.3, -0.25) is 9.59 Å². The Kier molecular flexibility index (Phi) is 12.0. The van der Waals surface area contributed by atoms with Crippen molar-refractivity contribution in [2.24, 2.45) is 0 Å². The molecule has 0 bridgehead atoms. The topological polar surface area (TPSA) is 146 Å². The van der Waals surface area contributed by atoms with Gasteiger partial charge in [-0.05, 0) is 72.4 Å². The van der Waals surface area contributed by atoms with E-state index in [-0.39, 0.29) is 43.5 Å². The summed E-state index contributed by atoms with van der Waals surface area (Å²) in [4.78, 5) is 27.5. The van der Waals surface area contributed by atoms with Crippen molar-refractivity contribution in [3.63, 3.8) is 0 Å². The SMILES string of the molecule is Nc1ccccc1NC(=O)CCCC(=O)Nc1cccc([C@@H]2O[C@H](CN3CCC(O)(c4ccc(Cl)cc4)CC3)C[C@H](c3ccc(CO)cc3)O2)c1. The maximum Gasteiger partial charge on any atom is 0.224 e. The highest BCUT2D eigenvalue weighted by Gasteiger charge is 2.37. The zero-order valence-electron chi connectivity index (χ0n) is 28.5. The number of hydrogen-bond donors (Lipinski definition) is 5. The maximum atomic E-state index is 12.8. The smallest absolute Gasteiger partial charge is 0.224 e. The second-order valence-electron chi connectivity index (χ2n) is 13.4. The van der Waals surface area contributed by atoms with Crippen molar-refractivity contribution in [1.29, 1.82) is 0 Å². The van der Waals surface area contributed by atoms with Crippen LogP contribution in [-0.2, 0) is 31.3 Å². The Labute approximate surface area is 303 Å². The summed E-state index contributed by atoms with van der Waals surface area (Å²) in [6, 6.07) is 29.7. The van der Waals surface area contributed by atoms with Gasteiger partial charge >= 0.3 is 0 Å². The molecule has 2 saturated heterocycles. The number of para-hydroxylation sites is 2. The summed E-state index contributed by atoms with van der Waals surface area (Å²) >= 11 is 6.08. The van der Waals surface area contributed by atoms with Gasteiger partial charge in [0.05, 0.1) is 35.8 Å². The van der Waals surface area contributed by atoms with Crippen LogP contribution in [0.5, 0.6) is 0 Å². The van der Waals surface area contributed by atoms with Crippen molar-refractivity contribution in [2.45, 2.75) is 69.2 Å². The molecule has 0 radical (unpaired) electrons. The van der Waals surface area contributed by atoms with Gasteiger partial charge in [0.1, 0.15) is 0 Å². The second-order valence-corrected chi connectivity index (χ2v) is 13.8. The third-order valence-corrected chi connectivity index (χ3v) is 9.88. The van der Waals surface area contributed by atoms with Crippen LogP contribution < -0.4 is 16.4 Å². The lowest BCUT2D eigenvalue weighted by molar-refractivity contribution is -0.253. The first-order chi connectivity index (χ1) is 24.7. The highest BCUT2D eigenvalue weighted by atomic mass is 35.5. The van der Waals surface area contributed by atoms with E-state index in [9.17, 15) is 19.8 Å². The number of nitrogens with one attached hydrogen (secondary N) is 2. The number of piperidine rings is 1. The molecule has 2 amide bonds. The van der Waals surface area contributed by atoms with Gasteiger partial charge in [0, 0.05) is 55.2 Å². The minimum absolute atomic E-state index is 0.0357. The molecule has 4 aromatic carbocycles. The van der Waals surface area contributed by atoms with E-state index in [0.717, 1.165) is 22.3 Å². The summed E-state index contributed by atoms with van der Waals surface area (Å²) in [5, 5.41) is 27.4. The van der Waals surface area contributed by atoms with E-state index in [4.69, 9.17) is 26.8 Å². The highest BCUT2D eigenvalue weighted by Crippen LogP contribution is 2.40. The molecule has 0 aromatic heterocycles. The van der Waals surface area contributed by atoms with Gasteiger partial charge in [0.15, 0.2) is 6.29 Å². The Morgan fingerprint density at radius 1 is 0.863 bits per heavy atom. The number of nitrogens with zero attached hydrogens (tertiary/aromatic N) is 1. The van der Waals surface area contributed by atoms with Gasteiger partial charge in [-0.15, -0.1) is 0 Å². The monoisotopic (exact) mass is 712 g/mol. The third kappa shape index (κ3) is 9.74. The van der Waals surface area contributed by atoms with Crippen molar-refractivity contribution in [2.75, 3.05) is 36.0 Å². The number of likely N-dealkylation sites (tertiary alicyclic amines) is 1. The van der Waals surface area contributed by atoms with Gasteiger partial charge < -0.3 is 41.0 Å². The molecule has 0 unspecified atom stereocenters. The van der Waals surface area contributed by atoms with Crippen molar-refractivity contribution in [3.8, 4) is 0 Å². The zero-order valence-corrected chi connectivity index (χ0v) is 29.2. The summed E-state index contributed by atoms with van der Waals surface area (Å²) in [6.07, 6.45) is 1.46. The quantitative estimate of drug-likeness (QED) is 0.102. The number of ether oxygens (including phenoxy) is 2. The van der Waals surface area contributed by atoms with Crippen LogP contribution in [0, 0.1) is 0 Å². The Bertz CT molecular complexity index is 1780. The van der Waals surface area contributed by atoms with Gasteiger partial charge in [-0.25, -0.2) is 0 Å². The van der Waals surface area contributed by atoms with Gasteiger partial charge in [0.2, 0.25) is 11.8 Å². The number of aliphatic hydroxyl groups is 2. The van der Waals surface area contributed by atoms with Crippen LogP contribution in [0.25, 0.3) is 0 Å². The molecule has 6 N–H and O–H groups in total. The number of carbonyl (C=O) groups is 2. The van der Waals surface area contributed by atoms with Gasteiger partial charge in [-0.1, -0.05) is 72.3 Å². The van der Waals surface area contributed by atoms with E-state index in [1.54, 1.807) is 24.3 Å². The van der Waals surface area contributed by atoms with E-state index in [0.29, 0.717) is 67.4 Å². The number of halogens is 1. The molecule has 2 heterocycles. The average molecular weight is 713 g/mol. The molecule has 0 spiro atoms. The van der Waals surface area contributed by atoms with Crippen LogP contribution in [0.3, 0.4) is 0 Å². The van der Waals surface area contributed by atoms with Gasteiger partial charge in [0.25, 0.3) is 0 Å². The third-order valence-electron chi connectivity index (χ3n) is 9.63. The summed E-state index contributed by atoms with van der Waals surface area (Å²) in [7, 11) is 0. The van der Waals surface area contributed by atoms with Crippen LogP contribution in [0.4, 0.5) is 17.1 Å². The molecule has 11 heteroatoms. The van der Waals surface area contributed by atoms with Crippen molar-refractivity contribution in [3.05, 3.63) is 124 Å². The molecular formula is C40H45ClN4O6. The van der Waals surface area contributed by atoms with Crippen LogP contribution in [0.2, 0.25) is 5.02 Å².